The van der Waals surface area contributed by atoms with Gasteiger partial charge in [0.25, 0.3) is 0 Å². The first kappa shape index (κ1) is 12.6. The van der Waals surface area contributed by atoms with Crippen molar-refractivity contribution in [3.05, 3.63) is 26.8 Å². The third-order valence-electron chi connectivity index (χ3n) is 1.81. The van der Waals surface area contributed by atoms with Gasteiger partial charge in [-0.15, -0.1) is 0 Å². The summed E-state index contributed by atoms with van der Waals surface area (Å²) in [5.41, 5.74) is 0.775. The van der Waals surface area contributed by atoms with Crippen molar-refractivity contribution >= 4 is 45.8 Å². The van der Waals surface area contributed by atoms with E-state index in [0.717, 1.165) is 9.26 Å². The van der Waals surface area contributed by atoms with Crippen molar-refractivity contribution in [3.8, 4) is 0 Å². The van der Waals surface area contributed by atoms with Crippen LogP contribution in [0.15, 0.2) is 18.2 Å². The SMILES string of the molecule is CC(CC(=O)O)Nc1cc(I)ccc1Cl. The summed E-state index contributed by atoms with van der Waals surface area (Å²) in [4.78, 5) is 10.5. The Balaban J connectivity index is 2.71. The van der Waals surface area contributed by atoms with Gasteiger partial charge in [0.05, 0.1) is 17.1 Å². The Bertz CT molecular complexity index is 370. The van der Waals surface area contributed by atoms with E-state index in [1.54, 1.807) is 6.07 Å². The predicted octanol–water partition coefficient (Wildman–Crippen LogP) is 3.22. The standard InChI is InChI=1S/C10H11ClINO2/c1-6(4-10(14)15)13-9-5-7(12)2-3-8(9)11/h2-3,5-6,13H,4H2,1H3,(H,14,15). The number of anilines is 1. The molecule has 1 atom stereocenters. The third kappa shape index (κ3) is 4.25. The number of benzene rings is 1. The molecule has 5 heteroatoms. The van der Waals surface area contributed by atoms with Crippen LogP contribution in [0, 0.1) is 3.57 Å². The smallest absolute Gasteiger partial charge is 0.305 e. The molecule has 82 valence electrons. The molecular formula is C10H11ClINO2. The van der Waals surface area contributed by atoms with E-state index in [9.17, 15) is 4.79 Å². The molecule has 2 N–H and O–H groups in total. The van der Waals surface area contributed by atoms with Crippen LogP contribution in [0.25, 0.3) is 0 Å². The summed E-state index contributed by atoms with van der Waals surface area (Å²) in [6.45, 7) is 1.81. The van der Waals surface area contributed by atoms with Crippen molar-refractivity contribution in [2.24, 2.45) is 0 Å². The van der Waals surface area contributed by atoms with Crippen molar-refractivity contribution in [1.82, 2.24) is 0 Å². The van der Waals surface area contributed by atoms with Crippen molar-refractivity contribution in [2.75, 3.05) is 5.32 Å². The van der Waals surface area contributed by atoms with E-state index in [1.807, 2.05) is 19.1 Å². The van der Waals surface area contributed by atoms with E-state index in [4.69, 9.17) is 16.7 Å². The second-order valence-electron chi connectivity index (χ2n) is 3.27. The van der Waals surface area contributed by atoms with Gasteiger partial charge in [0.2, 0.25) is 0 Å². The topological polar surface area (TPSA) is 49.3 Å². The first-order valence-electron chi connectivity index (χ1n) is 4.42. The molecule has 0 aliphatic carbocycles. The highest BCUT2D eigenvalue weighted by Gasteiger charge is 2.09. The second kappa shape index (κ2) is 5.55. The molecule has 0 radical (unpaired) electrons. The van der Waals surface area contributed by atoms with Gasteiger partial charge in [-0.2, -0.15) is 0 Å². The lowest BCUT2D eigenvalue weighted by Crippen LogP contribution is -2.19. The number of aliphatic carboxylic acids is 1. The van der Waals surface area contributed by atoms with Crippen LogP contribution in [-0.4, -0.2) is 17.1 Å². The normalized spacial score (nSPS) is 12.2. The zero-order valence-electron chi connectivity index (χ0n) is 8.13. The fourth-order valence-electron chi connectivity index (χ4n) is 1.19. The minimum Gasteiger partial charge on any atom is -0.481 e. The summed E-state index contributed by atoms with van der Waals surface area (Å²) >= 11 is 8.14. The lowest BCUT2D eigenvalue weighted by atomic mass is 10.2. The predicted molar refractivity (Wildman–Crippen MR) is 69.5 cm³/mol. The number of rotatable bonds is 4. The molecule has 0 aromatic heterocycles. The van der Waals surface area contributed by atoms with E-state index in [-0.39, 0.29) is 12.5 Å². The molecule has 0 aliphatic rings. The highest BCUT2D eigenvalue weighted by Crippen LogP contribution is 2.24. The van der Waals surface area contributed by atoms with Crippen LogP contribution >= 0.6 is 34.2 Å². The van der Waals surface area contributed by atoms with E-state index >= 15 is 0 Å². The number of nitrogens with one attached hydrogen (secondary N) is 1. The third-order valence-corrected chi connectivity index (χ3v) is 2.81. The van der Waals surface area contributed by atoms with Crippen molar-refractivity contribution in [1.29, 1.82) is 0 Å². The summed E-state index contributed by atoms with van der Waals surface area (Å²) in [7, 11) is 0. The summed E-state index contributed by atoms with van der Waals surface area (Å²) in [5.74, 6) is -0.822. The molecule has 0 fully saturated rings. The quantitative estimate of drug-likeness (QED) is 0.828. The Morgan fingerprint density at radius 3 is 2.93 bits per heavy atom. The van der Waals surface area contributed by atoms with Crippen LogP contribution in [0.2, 0.25) is 5.02 Å². The minimum atomic E-state index is -0.822. The molecule has 0 aliphatic heterocycles. The second-order valence-corrected chi connectivity index (χ2v) is 4.92. The van der Waals surface area contributed by atoms with Crippen LogP contribution in [0.4, 0.5) is 5.69 Å². The summed E-state index contributed by atoms with van der Waals surface area (Å²) < 4.78 is 1.06. The lowest BCUT2D eigenvalue weighted by molar-refractivity contribution is -0.137. The highest BCUT2D eigenvalue weighted by molar-refractivity contribution is 14.1. The zero-order chi connectivity index (χ0) is 11.4. The van der Waals surface area contributed by atoms with E-state index < -0.39 is 5.97 Å². The largest absolute Gasteiger partial charge is 0.481 e. The number of halogens is 2. The Labute approximate surface area is 107 Å². The number of hydrogen-bond donors (Lipinski definition) is 2. The lowest BCUT2D eigenvalue weighted by Gasteiger charge is -2.14. The summed E-state index contributed by atoms with van der Waals surface area (Å²) in [6, 6.07) is 5.44. The Morgan fingerprint density at radius 2 is 2.33 bits per heavy atom. The van der Waals surface area contributed by atoms with Crippen LogP contribution in [0.1, 0.15) is 13.3 Å². The summed E-state index contributed by atoms with van der Waals surface area (Å²) in [6.07, 6.45) is 0.0712. The maximum atomic E-state index is 10.5. The molecule has 1 rings (SSSR count). The van der Waals surface area contributed by atoms with Crippen LogP contribution in [0.5, 0.6) is 0 Å². The molecule has 0 saturated carbocycles. The van der Waals surface area contributed by atoms with Gasteiger partial charge in [-0.1, -0.05) is 11.6 Å². The first-order chi connectivity index (χ1) is 6.99. The number of hydrogen-bond acceptors (Lipinski definition) is 2. The van der Waals surface area contributed by atoms with Crippen molar-refractivity contribution in [3.63, 3.8) is 0 Å². The maximum Gasteiger partial charge on any atom is 0.305 e. The van der Waals surface area contributed by atoms with Gasteiger partial charge in [0, 0.05) is 9.61 Å². The molecule has 1 aromatic carbocycles. The van der Waals surface area contributed by atoms with Gasteiger partial charge in [0.15, 0.2) is 0 Å². The van der Waals surface area contributed by atoms with Gasteiger partial charge in [0.1, 0.15) is 0 Å². The van der Waals surface area contributed by atoms with Gasteiger partial charge in [-0.25, -0.2) is 0 Å². The Hall–Kier alpha value is -0.490. The molecule has 0 amide bonds. The molecule has 3 nitrogen and oxygen atoms in total. The van der Waals surface area contributed by atoms with E-state index in [0.29, 0.717) is 5.02 Å². The number of carbonyl (C=O) groups is 1. The van der Waals surface area contributed by atoms with Gasteiger partial charge >= 0.3 is 5.97 Å². The van der Waals surface area contributed by atoms with Crippen LogP contribution < -0.4 is 5.32 Å². The molecular weight excluding hydrogens is 328 g/mol. The van der Waals surface area contributed by atoms with E-state index in [1.165, 1.54) is 0 Å². The molecule has 0 spiro atoms. The minimum absolute atomic E-state index is 0.0712. The fourth-order valence-corrected chi connectivity index (χ4v) is 1.85. The van der Waals surface area contributed by atoms with E-state index in [2.05, 4.69) is 27.9 Å². The number of carboxylic acids is 1. The molecule has 0 bridgehead atoms. The van der Waals surface area contributed by atoms with Crippen molar-refractivity contribution < 1.29 is 9.90 Å². The van der Waals surface area contributed by atoms with Gasteiger partial charge in [-0.3, -0.25) is 4.79 Å². The van der Waals surface area contributed by atoms with Crippen molar-refractivity contribution in [2.45, 2.75) is 19.4 Å². The zero-order valence-corrected chi connectivity index (χ0v) is 11.0. The maximum absolute atomic E-state index is 10.5. The van der Waals surface area contributed by atoms with Gasteiger partial charge in [-0.05, 0) is 47.7 Å². The molecule has 0 saturated heterocycles. The molecule has 0 heterocycles. The average molecular weight is 340 g/mol. The Morgan fingerprint density at radius 1 is 1.67 bits per heavy atom. The number of carboxylic acid groups (broad SMARTS) is 1. The highest BCUT2D eigenvalue weighted by atomic mass is 127. The fraction of sp³-hybridized carbons (Fsp3) is 0.300. The first-order valence-corrected chi connectivity index (χ1v) is 5.88. The molecule has 15 heavy (non-hydrogen) atoms. The van der Waals surface area contributed by atoms with Crippen LogP contribution in [0.3, 0.4) is 0 Å². The monoisotopic (exact) mass is 339 g/mol. The average Bonchev–Trinajstić information content (AvgIpc) is 2.10. The van der Waals surface area contributed by atoms with Crippen LogP contribution in [-0.2, 0) is 4.79 Å². The van der Waals surface area contributed by atoms with Gasteiger partial charge < -0.3 is 10.4 Å². The molecule has 1 unspecified atom stereocenters. The Kier molecular flexibility index (Phi) is 4.66. The summed E-state index contributed by atoms with van der Waals surface area (Å²) in [5, 5.41) is 12.3. The molecule has 1 aromatic rings.